The number of hydrogen-bond donors (Lipinski definition) is 0. The van der Waals surface area contributed by atoms with Gasteiger partial charge in [-0.05, 0) is 38.6 Å². The molecule has 6 heteroatoms. The normalized spacial score (nSPS) is 18.8. The molecule has 0 radical (unpaired) electrons. The van der Waals surface area contributed by atoms with E-state index < -0.39 is 0 Å². The van der Waals surface area contributed by atoms with Crippen molar-refractivity contribution in [2.45, 2.75) is 24.8 Å². The van der Waals surface area contributed by atoms with Crippen molar-refractivity contribution >= 4 is 23.0 Å². The Morgan fingerprint density at radius 3 is 2.85 bits per heavy atom. The number of rotatable bonds is 5. The fourth-order valence-corrected chi connectivity index (χ4v) is 2.97. The van der Waals surface area contributed by atoms with E-state index in [4.69, 9.17) is 11.6 Å². The van der Waals surface area contributed by atoms with Crippen molar-refractivity contribution in [1.82, 2.24) is 4.90 Å². The van der Waals surface area contributed by atoms with E-state index in [1.165, 1.54) is 0 Å². The predicted molar refractivity (Wildman–Crippen MR) is 81.6 cm³/mol. The number of halogens is 1. The Kier molecular flexibility index (Phi) is 4.83. The molecule has 0 spiro atoms. The zero-order valence-corrected chi connectivity index (χ0v) is 12.6. The van der Waals surface area contributed by atoms with Gasteiger partial charge in [0.05, 0.1) is 4.92 Å². The lowest BCUT2D eigenvalue weighted by molar-refractivity contribution is -0.384. The first-order valence-corrected chi connectivity index (χ1v) is 7.31. The topological polar surface area (TPSA) is 49.6 Å². The summed E-state index contributed by atoms with van der Waals surface area (Å²) in [5.74, 6) is 0.294. The number of likely N-dealkylation sites (N-methyl/N-ethyl adjacent to an activating group) is 1. The molecule has 1 aromatic rings. The number of hydrogen-bond acceptors (Lipinski definition) is 4. The molecule has 1 aliphatic heterocycles. The lowest BCUT2D eigenvalue weighted by Crippen LogP contribution is -2.37. The fraction of sp³-hybridized carbons (Fsp3) is 0.571. The quantitative estimate of drug-likeness (QED) is 0.476. The Morgan fingerprint density at radius 1 is 1.50 bits per heavy atom. The second-order valence-electron chi connectivity index (χ2n) is 5.47. The van der Waals surface area contributed by atoms with Crippen molar-refractivity contribution in [2.24, 2.45) is 0 Å². The van der Waals surface area contributed by atoms with Gasteiger partial charge in [0, 0.05) is 31.1 Å². The SMILES string of the molecule is CN(C)CC1CCCN1c1ccc(CCl)cc1[N+](=O)[O-]. The third-order valence-electron chi connectivity index (χ3n) is 3.65. The molecular formula is C14H20ClN3O2. The summed E-state index contributed by atoms with van der Waals surface area (Å²) in [6.45, 7) is 1.79. The van der Waals surface area contributed by atoms with Gasteiger partial charge in [-0.15, -0.1) is 11.6 Å². The van der Waals surface area contributed by atoms with E-state index in [9.17, 15) is 10.1 Å². The number of nitro groups is 1. The molecule has 1 aromatic carbocycles. The average Bonchev–Trinajstić information content (AvgIpc) is 2.85. The minimum atomic E-state index is -0.309. The van der Waals surface area contributed by atoms with Crippen molar-refractivity contribution in [3.63, 3.8) is 0 Å². The van der Waals surface area contributed by atoms with Gasteiger partial charge in [0.2, 0.25) is 0 Å². The second kappa shape index (κ2) is 6.41. The van der Waals surface area contributed by atoms with E-state index in [0.29, 0.717) is 17.6 Å². The standard InChI is InChI=1S/C14H20ClN3O2/c1-16(2)10-12-4-3-7-17(12)13-6-5-11(9-15)8-14(13)18(19)20/h5-6,8,12H,3-4,7,9-10H2,1-2H3. The molecule has 0 aromatic heterocycles. The van der Waals surface area contributed by atoms with Gasteiger partial charge >= 0.3 is 0 Å². The molecule has 1 atom stereocenters. The molecule has 1 unspecified atom stereocenters. The van der Waals surface area contributed by atoms with E-state index in [1.807, 2.05) is 26.2 Å². The first kappa shape index (κ1) is 15.1. The summed E-state index contributed by atoms with van der Waals surface area (Å²) >= 11 is 5.77. The van der Waals surface area contributed by atoms with Gasteiger partial charge in [-0.2, -0.15) is 0 Å². The Morgan fingerprint density at radius 2 is 2.25 bits per heavy atom. The van der Waals surface area contributed by atoms with Crippen LogP contribution in [0.2, 0.25) is 0 Å². The van der Waals surface area contributed by atoms with Crippen molar-refractivity contribution in [2.75, 3.05) is 32.1 Å². The maximum atomic E-state index is 11.3. The van der Waals surface area contributed by atoms with Crippen LogP contribution in [0.3, 0.4) is 0 Å². The molecule has 1 heterocycles. The van der Waals surface area contributed by atoms with E-state index in [2.05, 4.69) is 9.80 Å². The number of anilines is 1. The monoisotopic (exact) mass is 297 g/mol. The molecule has 0 saturated carbocycles. The van der Waals surface area contributed by atoms with E-state index in [0.717, 1.165) is 31.5 Å². The summed E-state index contributed by atoms with van der Waals surface area (Å²) in [6.07, 6.45) is 2.15. The minimum Gasteiger partial charge on any atom is -0.362 e. The highest BCUT2D eigenvalue weighted by atomic mass is 35.5. The maximum Gasteiger partial charge on any atom is 0.292 e. The van der Waals surface area contributed by atoms with Gasteiger partial charge < -0.3 is 9.80 Å². The van der Waals surface area contributed by atoms with Crippen LogP contribution < -0.4 is 4.90 Å². The molecule has 0 bridgehead atoms. The van der Waals surface area contributed by atoms with Crippen molar-refractivity contribution in [3.8, 4) is 0 Å². The third kappa shape index (κ3) is 3.22. The summed E-state index contributed by atoms with van der Waals surface area (Å²) < 4.78 is 0. The summed E-state index contributed by atoms with van der Waals surface area (Å²) in [7, 11) is 4.06. The Bertz CT molecular complexity index is 493. The van der Waals surface area contributed by atoms with Crippen LogP contribution in [-0.4, -0.2) is 43.0 Å². The molecule has 1 fully saturated rings. The Labute approximate surface area is 124 Å². The molecule has 0 amide bonds. The van der Waals surface area contributed by atoms with Gasteiger partial charge in [-0.3, -0.25) is 10.1 Å². The van der Waals surface area contributed by atoms with Gasteiger partial charge in [0.15, 0.2) is 0 Å². The molecule has 2 rings (SSSR count). The minimum absolute atomic E-state index is 0.161. The summed E-state index contributed by atoms with van der Waals surface area (Å²) in [4.78, 5) is 15.3. The van der Waals surface area contributed by atoms with Gasteiger partial charge in [-0.25, -0.2) is 0 Å². The molecule has 5 nitrogen and oxygen atoms in total. The average molecular weight is 298 g/mol. The van der Waals surface area contributed by atoms with E-state index >= 15 is 0 Å². The van der Waals surface area contributed by atoms with Gasteiger partial charge in [0.1, 0.15) is 5.69 Å². The lowest BCUT2D eigenvalue weighted by Gasteiger charge is -2.28. The number of benzene rings is 1. The number of nitrogens with zero attached hydrogens (tertiary/aromatic N) is 3. The van der Waals surface area contributed by atoms with Crippen molar-refractivity contribution in [3.05, 3.63) is 33.9 Å². The summed E-state index contributed by atoms with van der Waals surface area (Å²) in [5.41, 5.74) is 1.66. The van der Waals surface area contributed by atoms with Crippen molar-refractivity contribution < 1.29 is 4.92 Å². The van der Waals surface area contributed by atoms with Crippen LogP contribution in [0, 0.1) is 10.1 Å². The highest BCUT2D eigenvalue weighted by Crippen LogP contribution is 2.34. The van der Waals surface area contributed by atoms with Crippen LogP contribution in [-0.2, 0) is 5.88 Å². The Balaban J connectivity index is 2.33. The largest absolute Gasteiger partial charge is 0.362 e. The molecule has 0 aliphatic carbocycles. The van der Waals surface area contributed by atoms with E-state index in [-0.39, 0.29) is 10.6 Å². The van der Waals surface area contributed by atoms with Gasteiger partial charge in [-0.1, -0.05) is 6.07 Å². The van der Waals surface area contributed by atoms with E-state index in [1.54, 1.807) is 6.07 Å². The third-order valence-corrected chi connectivity index (χ3v) is 3.96. The first-order valence-electron chi connectivity index (χ1n) is 6.77. The van der Waals surface area contributed by atoms with Crippen LogP contribution in [0.5, 0.6) is 0 Å². The van der Waals surface area contributed by atoms with Crippen molar-refractivity contribution in [1.29, 1.82) is 0 Å². The summed E-state index contributed by atoms with van der Waals surface area (Å²) in [6, 6.07) is 5.64. The lowest BCUT2D eigenvalue weighted by atomic mass is 10.1. The van der Waals surface area contributed by atoms with Crippen LogP contribution in [0.1, 0.15) is 18.4 Å². The second-order valence-corrected chi connectivity index (χ2v) is 5.73. The molecule has 20 heavy (non-hydrogen) atoms. The van der Waals surface area contributed by atoms with Crippen LogP contribution in [0.25, 0.3) is 0 Å². The molecule has 1 saturated heterocycles. The van der Waals surface area contributed by atoms with Crippen LogP contribution in [0.4, 0.5) is 11.4 Å². The molecule has 1 aliphatic rings. The maximum absolute atomic E-state index is 11.3. The molecule has 0 N–H and O–H groups in total. The summed E-state index contributed by atoms with van der Waals surface area (Å²) in [5, 5.41) is 11.3. The predicted octanol–water partition coefficient (Wildman–Crippen LogP) is 2.86. The number of alkyl halides is 1. The van der Waals surface area contributed by atoms with Gasteiger partial charge in [0.25, 0.3) is 5.69 Å². The van der Waals surface area contributed by atoms with Crippen LogP contribution in [0.15, 0.2) is 18.2 Å². The highest BCUT2D eigenvalue weighted by molar-refractivity contribution is 6.17. The smallest absolute Gasteiger partial charge is 0.292 e. The zero-order chi connectivity index (χ0) is 14.7. The zero-order valence-electron chi connectivity index (χ0n) is 11.9. The molecular weight excluding hydrogens is 278 g/mol. The fourth-order valence-electron chi connectivity index (χ4n) is 2.81. The van der Waals surface area contributed by atoms with Crippen LogP contribution >= 0.6 is 11.6 Å². The molecule has 110 valence electrons. The first-order chi connectivity index (χ1) is 9.52. The number of nitro benzene ring substituents is 1. The Hall–Kier alpha value is -1.33. The highest BCUT2D eigenvalue weighted by Gasteiger charge is 2.30.